The van der Waals surface area contributed by atoms with Crippen molar-refractivity contribution < 1.29 is 4.79 Å². The summed E-state index contributed by atoms with van der Waals surface area (Å²) in [6.07, 6.45) is 1.02. The van der Waals surface area contributed by atoms with Crippen LogP contribution in [0.1, 0.15) is 13.3 Å². The highest BCUT2D eigenvalue weighted by atomic mass is 35.5. The van der Waals surface area contributed by atoms with Crippen LogP contribution < -0.4 is 11.1 Å². The van der Waals surface area contributed by atoms with Gasteiger partial charge in [-0.3, -0.25) is 9.69 Å². The molecule has 1 fully saturated rings. The lowest BCUT2D eigenvalue weighted by atomic mass is 10.0. The van der Waals surface area contributed by atoms with Crippen LogP contribution in [-0.2, 0) is 4.79 Å². The summed E-state index contributed by atoms with van der Waals surface area (Å²) in [5.74, 6) is 0.298. The Labute approximate surface area is 151 Å². The van der Waals surface area contributed by atoms with Gasteiger partial charge in [-0.1, -0.05) is 34.8 Å². The monoisotopic (exact) mass is 385 g/mol. The maximum Gasteiger partial charge on any atom is 0.238 e. The van der Waals surface area contributed by atoms with Crippen LogP contribution in [0, 0.1) is 5.92 Å². The number of nitrogens with zero attached hydrogens (tertiary/aromatic N) is 1. The summed E-state index contributed by atoms with van der Waals surface area (Å²) < 4.78 is 0. The standard InChI is InChI=1S/C14H18Cl3N3O.ClH/c1-8(18)9-2-3-20(6-9)7-13(21)19-14-11(16)4-10(15)5-12(14)17;/h4-5,8-9H,2-3,6-7,18H2,1H3,(H,19,21);1H. The minimum atomic E-state index is -0.147. The highest BCUT2D eigenvalue weighted by Gasteiger charge is 2.26. The Morgan fingerprint density at radius 3 is 2.50 bits per heavy atom. The number of nitrogens with one attached hydrogen (secondary N) is 1. The second kappa shape index (κ2) is 8.57. The molecule has 1 aliphatic heterocycles. The van der Waals surface area contributed by atoms with Gasteiger partial charge in [0.1, 0.15) is 0 Å². The maximum absolute atomic E-state index is 12.1. The molecule has 8 heteroatoms. The van der Waals surface area contributed by atoms with Gasteiger partial charge in [0, 0.05) is 17.6 Å². The van der Waals surface area contributed by atoms with Crippen molar-refractivity contribution in [2.45, 2.75) is 19.4 Å². The molecule has 0 aliphatic carbocycles. The van der Waals surface area contributed by atoms with E-state index in [4.69, 9.17) is 40.5 Å². The smallest absolute Gasteiger partial charge is 0.238 e. The first kappa shape index (κ1) is 19.8. The number of hydrogen-bond acceptors (Lipinski definition) is 3. The Bertz CT molecular complexity index is 516. The molecule has 3 N–H and O–H groups in total. The largest absolute Gasteiger partial charge is 0.328 e. The molecule has 0 spiro atoms. The highest BCUT2D eigenvalue weighted by Crippen LogP contribution is 2.33. The van der Waals surface area contributed by atoms with E-state index >= 15 is 0 Å². The van der Waals surface area contributed by atoms with Gasteiger partial charge in [0.15, 0.2) is 0 Å². The predicted octanol–water partition coefficient (Wildman–Crippen LogP) is 3.68. The van der Waals surface area contributed by atoms with E-state index in [1.807, 2.05) is 6.92 Å². The Hall–Kier alpha value is -0.230. The zero-order valence-corrected chi connectivity index (χ0v) is 15.2. The number of hydrogen-bond donors (Lipinski definition) is 2. The van der Waals surface area contributed by atoms with Crippen LogP contribution in [0.4, 0.5) is 5.69 Å². The molecule has 1 aromatic rings. The molecule has 0 bridgehead atoms. The second-order valence-corrected chi connectivity index (χ2v) is 6.69. The molecule has 1 aromatic carbocycles. The van der Waals surface area contributed by atoms with Crippen LogP contribution >= 0.6 is 47.2 Å². The second-order valence-electron chi connectivity index (χ2n) is 5.44. The maximum atomic E-state index is 12.1. The fourth-order valence-electron chi connectivity index (χ4n) is 2.48. The summed E-state index contributed by atoms with van der Waals surface area (Å²) in [7, 11) is 0. The van der Waals surface area contributed by atoms with Gasteiger partial charge in [-0.25, -0.2) is 0 Å². The lowest BCUT2D eigenvalue weighted by Crippen LogP contribution is -2.34. The predicted molar refractivity (Wildman–Crippen MR) is 95.5 cm³/mol. The summed E-state index contributed by atoms with van der Waals surface area (Å²) in [5, 5.41) is 3.83. The Morgan fingerprint density at radius 1 is 1.41 bits per heavy atom. The molecule has 4 nitrogen and oxygen atoms in total. The molecule has 0 aromatic heterocycles. The van der Waals surface area contributed by atoms with E-state index in [-0.39, 0.29) is 24.4 Å². The van der Waals surface area contributed by atoms with E-state index in [1.165, 1.54) is 0 Å². The number of halogens is 4. The first-order chi connectivity index (χ1) is 9.86. The van der Waals surface area contributed by atoms with E-state index in [2.05, 4.69) is 10.2 Å². The number of nitrogens with two attached hydrogens (primary N) is 1. The fourth-order valence-corrected chi connectivity index (χ4v) is 3.39. The molecule has 1 heterocycles. The van der Waals surface area contributed by atoms with Crippen LogP contribution in [0.15, 0.2) is 12.1 Å². The summed E-state index contributed by atoms with van der Waals surface area (Å²) >= 11 is 17.9. The molecular formula is C14H19Cl4N3O. The van der Waals surface area contributed by atoms with Crippen molar-refractivity contribution in [1.29, 1.82) is 0 Å². The van der Waals surface area contributed by atoms with Crippen LogP contribution in [0.25, 0.3) is 0 Å². The van der Waals surface area contributed by atoms with Crippen LogP contribution in [0.3, 0.4) is 0 Å². The number of benzene rings is 1. The lowest BCUT2D eigenvalue weighted by Gasteiger charge is -2.18. The van der Waals surface area contributed by atoms with Crippen LogP contribution in [0.2, 0.25) is 15.1 Å². The molecule has 124 valence electrons. The Morgan fingerprint density at radius 2 is 2.00 bits per heavy atom. The topological polar surface area (TPSA) is 58.4 Å². The molecule has 0 radical (unpaired) electrons. The normalized spacial score (nSPS) is 19.6. The van der Waals surface area contributed by atoms with Crippen molar-refractivity contribution in [2.75, 3.05) is 25.0 Å². The van der Waals surface area contributed by atoms with E-state index in [0.29, 0.717) is 33.2 Å². The van der Waals surface area contributed by atoms with Crippen molar-refractivity contribution in [2.24, 2.45) is 11.7 Å². The zero-order chi connectivity index (χ0) is 15.6. The van der Waals surface area contributed by atoms with Crippen molar-refractivity contribution in [3.05, 3.63) is 27.2 Å². The number of anilines is 1. The average molecular weight is 387 g/mol. The minimum absolute atomic E-state index is 0. The molecule has 2 unspecified atom stereocenters. The highest BCUT2D eigenvalue weighted by molar-refractivity contribution is 6.42. The molecule has 1 aliphatic rings. The molecular weight excluding hydrogens is 368 g/mol. The molecule has 1 saturated heterocycles. The molecule has 1 amide bonds. The number of carbonyl (C=O) groups excluding carboxylic acids is 1. The summed E-state index contributed by atoms with van der Waals surface area (Å²) in [5.41, 5.74) is 6.29. The quantitative estimate of drug-likeness (QED) is 0.829. The lowest BCUT2D eigenvalue weighted by molar-refractivity contribution is -0.117. The van der Waals surface area contributed by atoms with Gasteiger partial charge in [-0.2, -0.15) is 0 Å². The summed E-state index contributed by atoms with van der Waals surface area (Å²) in [6.45, 7) is 4.02. The molecule has 0 saturated carbocycles. The Kier molecular flexibility index (Phi) is 7.72. The minimum Gasteiger partial charge on any atom is -0.328 e. The summed E-state index contributed by atoms with van der Waals surface area (Å²) in [4.78, 5) is 14.2. The zero-order valence-electron chi connectivity index (χ0n) is 12.1. The van der Waals surface area contributed by atoms with Crippen molar-refractivity contribution in [3.63, 3.8) is 0 Å². The van der Waals surface area contributed by atoms with Gasteiger partial charge < -0.3 is 11.1 Å². The van der Waals surface area contributed by atoms with E-state index in [9.17, 15) is 4.79 Å². The fraction of sp³-hybridized carbons (Fsp3) is 0.500. The number of rotatable bonds is 4. The number of amides is 1. The Balaban J connectivity index is 0.00000242. The first-order valence-corrected chi connectivity index (χ1v) is 7.92. The van der Waals surface area contributed by atoms with Gasteiger partial charge in [0.2, 0.25) is 5.91 Å². The van der Waals surface area contributed by atoms with Gasteiger partial charge in [0.25, 0.3) is 0 Å². The van der Waals surface area contributed by atoms with E-state index in [0.717, 1.165) is 19.5 Å². The van der Waals surface area contributed by atoms with Crippen LogP contribution in [0.5, 0.6) is 0 Å². The van der Waals surface area contributed by atoms with Gasteiger partial charge in [-0.05, 0) is 37.9 Å². The van der Waals surface area contributed by atoms with Gasteiger partial charge in [-0.15, -0.1) is 12.4 Å². The SMILES string of the molecule is CC(N)C1CCN(CC(=O)Nc2c(Cl)cc(Cl)cc2Cl)C1.Cl. The van der Waals surface area contributed by atoms with Crippen molar-refractivity contribution in [3.8, 4) is 0 Å². The average Bonchev–Trinajstić information content (AvgIpc) is 2.82. The van der Waals surface area contributed by atoms with Gasteiger partial charge >= 0.3 is 0 Å². The molecule has 2 atom stereocenters. The molecule has 22 heavy (non-hydrogen) atoms. The van der Waals surface area contributed by atoms with Crippen LogP contribution in [-0.4, -0.2) is 36.5 Å². The van der Waals surface area contributed by atoms with Crippen molar-refractivity contribution in [1.82, 2.24) is 4.90 Å². The first-order valence-electron chi connectivity index (χ1n) is 6.79. The number of carbonyl (C=O) groups is 1. The third kappa shape index (κ3) is 5.15. The van der Waals surface area contributed by atoms with E-state index in [1.54, 1.807) is 12.1 Å². The third-order valence-corrected chi connectivity index (χ3v) is 4.51. The molecule has 2 rings (SSSR count). The third-order valence-electron chi connectivity index (χ3n) is 3.69. The van der Waals surface area contributed by atoms with E-state index < -0.39 is 0 Å². The van der Waals surface area contributed by atoms with Gasteiger partial charge in [0.05, 0.1) is 22.3 Å². The summed E-state index contributed by atoms with van der Waals surface area (Å²) in [6, 6.07) is 3.25. The van der Waals surface area contributed by atoms with Crippen molar-refractivity contribution >= 4 is 58.8 Å². The number of likely N-dealkylation sites (tertiary alicyclic amines) is 1.